The first-order valence-electron chi connectivity index (χ1n) is 4.88. The Morgan fingerprint density at radius 1 is 1.36 bits per heavy atom. The molecule has 1 N–H and O–H groups in total. The average Bonchev–Trinajstić information content (AvgIpc) is 2.93. The Labute approximate surface area is 94.4 Å². The summed E-state index contributed by atoms with van der Waals surface area (Å²) < 4.78 is 0. The number of hydrogen-bond acceptors (Lipinski definition) is 1. The SMILES string of the molecule is CC(NC1CC1)c1cc(Cl)ccc1Cl. The maximum atomic E-state index is 6.10. The van der Waals surface area contributed by atoms with E-state index in [4.69, 9.17) is 23.2 Å². The van der Waals surface area contributed by atoms with E-state index in [0.29, 0.717) is 6.04 Å². The van der Waals surface area contributed by atoms with Crippen LogP contribution in [-0.2, 0) is 0 Å². The van der Waals surface area contributed by atoms with Crippen molar-refractivity contribution in [1.82, 2.24) is 5.32 Å². The molecule has 1 atom stereocenters. The summed E-state index contributed by atoms with van der Waals surface area (Å²) >= 11 is 12.0. The second kappa shape index (κ2) is 4.09. The van der Waals surface area contributed by atoms with Crippen LogP contribution >= 0.6 is 23.2 Å². The maximum absolute atomic E-state index is 6.10. The van der Waals surface area contributed by atoms with Crippen molar-refractivity contribution in [2.75, 3.05) is 0 Å². The molecule has 1 unspecified atom stereocenters. The highest BCUT2D eigenvalue weighted by Gasteiger charge is 2.24. The normalized spacial score (nSPS) is 18.2. The quantitative estimate of drug-likeness (QED) is 0.832. The van der Waals surface area contributed by atoms with E-state index in [1.54, 1.807) is 0 Å². The molecule has 0 heterocycles. The fourth-order valence-electron chi connectivity index (χ4n) is 1.54. The molecule has 0 bridgehead atoms. The summed E-state index contributed by atoms with van der Waals surface area (Å²) in [5.41, 5.74) is 1.09. The van der Waals surface area contributed by atoms with E-state index < -0.39 is 0 Å². The maximum Gasteiger partial charge on any atom is 0.0454 e. The number of hydrogen-bond donors (Lipinski definition) is 1. The molecule has 3 heteroatoms. The Balaban J connectivity index is 2.15. The molecule has 76 valence electrons. The predicted octanol–water partition coefficient (Wildman–Crippen LogP) is 3.81. The Morgan fingerprint density at radius 2 is 2.07 bits per heavy atom. The van der Waals surface area contributed by atoms with E-state index in [2.05, 4.69) is 12.2 Å². The third-order valence-electron chi connectivity index (χ3n) is 2.49. The van der Waals surface area contributed by atoms with Crippen LogP contribution in [0.3, 0.4) is 0 Å². The van der Waals surface area contributed by atoms with Crippen LogP contribution in [0, 0.1) is 0 Å². The lowest BCUT2D eigenvalue weighted by Crippen LogP contribution is -2.20. The van der Waals surface area contributed by atoms with Gasteiger partial charge in [-0.15, -0.1) is 0 Å². The molecule has 1 aliphatic rings. The van der Waals surface area contributed by atoms with E-state index in [1.165, 1.54) is 12.8 Å². The standard InChI is InChI=1S/C11H13Cl2N/c1-7(14-9-3-4-9)10-6-8(12)2-5-11(10)13/h2,5-7,9,14H,3-4H2,1H3. The van der Waals surface area contributed by atoms with Crippen molar-refractivity contribution in [3.05, 3.63) is 33.8 Å². The molecule has 2 rings (SSSR count). The molecule has 0 amide bonds. The molecular weight excluding hydrogens is 217 g/mol. The molecule has 1 nitrogen and oxygen atoms in total. The minimum atomic E-state index is 0.286. The first kappa shape index (κ1) is 10.3. The highest BCUT2D eigenvalue weighted by atomic mass is 35.5. The predicted molar refractivity (Wildman–Crippen MR) is 61.0 cm³/mol. The van der Waals surface area contributed by atoms with Crippen LogP contribution in [-0.4, -0.2) is 6.04 Å². The number of halogens is 2. The van der Waals surface area contributed by atoms with Gasteiger partial charge in [0.2, 0.25) is 0 Å². The van der Waals surface area contributed by atoms with Gasteiger partial charge in [0.25, 0.3) is 0 Å². The largest absolute Gasteiger partial charge is 0.307 e. The molecule has 0 radical (unpaired) electrons. The summed E-state index contributed by atoms with van der Waals surface area (Å²) in [7, 11) is 0. The smallest absolute Gasteiger partial charge is 0.0454 e. The Bertz CT molecular complexity index is 334. The zero-order chi connectivity index (χ0) is 10.1. The summed E-state index contributed by atoms with van der Waals surface area (Å²) in [5.74, 6) is 0. The van der Waals surface area contributed by atoms with Crippen LogP contribution in [0.4, 0.5) is 0 Å². The van der Waals surface area contributed by atoms with Gasteiger partial charge < -0.3 is 5.32 Å². The van der Waals surface area contributed by atoms with Crippen LogP contribution in [0.1, 0.15) is 31.4 Å². The first-order chi connectivity index (χ1) is 6.66. The summed E-state index contributed by atoms with van der Waals surface area (Å²) in [6.45, 7) is 2.12. The average molecular weight is 230 g/mol. The van der Waals surface area contributed by atoms with E-state index >= 15 is 0 Å². The van der Waals surface area contributed by atoms with Gasteiger partial charge in [-0.1, -0.05) is 23.2 Å². The number of nitrogens with one attached hydrogen (secondary N) is 1. The molecule has 1 saturated carbocycles. The topological polar surface area (TPSA) is 12.0 Å². The molecule has 14 heavy (non-hydrogen) atoms. The molecule has 1 aliphatic carbocycles. The van der Waals surface area contributed by atoms with Gasteiger partial charge in [0.1, 0.15) is 0 Å². The molecule has 1 fully saturated rings. The van der Waals surface area contributed by atoms with Crippen molar-refractivity contribution in [3.8, 4) is 0 Å². The molecule has 1 aromatic carbocycles. The fourth-order valence-corrected chi connectivity index (χ4v) is 2.00. The van der Waals surface area contributed by atoms with Gasteiger partial charge in [-0.2, -0.15) is 0 Å². The van der Waals surface area contributed by atoms with E-state index in [-0.39, 0.29) is 6.04 Å². The molecule has 0 spiro atoms. The molecule has 0 aromatic heterocycles. The van der Waals surface area contributed by atoms with Gasteiger partial charge in [-0.05, 0) is 43.5 Å². The van der Waals surface area contributed by atoms with Crippen molar-refractivity contribution >= 4 is 23.2 Å². The van der Waals surface area contributed by atoms with Crippen LogP contribution in [0.15, 0.2) is 18.2 Å². The van der Waals surface area contributed by atoms with Gasteiger partial charge in [-0.25, -0.2) is 0 Å². The van der Waals surface area contributed by atoms with Crippen molar-refractivity contribution in [2.24, 2.45) is 0 Å². The van der Waals surface area contributed by atoms with Crippen LogP contribution in [0.2, 0.25) is 10.0 Å². The molecule has 0 saturated heterocycles. The van der Waals surface area contributed by atoms with Crippen molar-refractivity contribution in [1.29, 1.82) is 0 Å². The minimum Gasteiger partial charge on any atom is -0.307 e. The lowest BCUT2D eigenvalue weighted by atomic mass is 10.1. The van der Waals surface area contributed by atoms with Crippen LogP contribution in [0.5, 0.6) is 0 Å². The first-order valence-corrected chi connectivity index (χ1v) is 5.63. The molecule has 1 aromatic rings. The lowest BCUT2D eigenvalue weighted by Gasteiger charge is -2.15. The van der Waals surface area contributed by atoms with Crippen LogP contribution < -0.4 is 5.32 Å². The Morgan fingerprint density at radius 3 is 2.71 bits per heavy atom. The molecule has 0 aliphatic heterocycles. The Kier molecular flexibility index (Phi) is 3.01. The van der Waals surface area contributed by atoms with Gasteiger partial charge in [0, 0.05) is 22.1 Å². The Hall–Kier alpha value is -0.240. The second-order valence-electron chi connectivity index (χ2n) is 3.83. The molecular formula is C11H13Cl2N. The summed E-state index contributed by atoms with van der Waals surface area (Å²) in [6.07, 6.45) is 2.56. The number of rotatable bonds is 3. The van der Waals surface area contributed by atoms with Crippen molar-refractivity contribution in [2.45, 2.75) is 31.8 Å². The summed E-state index contributed by atoms with van der Waals surface area (Å²) in [4.78, 5) is 0. The highest BCUT2D eigenvalue weighted by Crippen LogP contribution is 2.29. The number of benzene rings is 1. The zero-order valence-electron chi connectivity index (χ0n) is 8.06. The minimum absolute atomic E-state index is 0.286. The van der Waals surface area contributed by atoms with Gasteiger partial charge in [0.15, 0.2) is 0 Å². The van der Waals surface area contributed by atoms with Crippen molar-refractivity contribution < 1.29 is 0 Å². The van der Waals surface area contributed by atoms with E-state index in [1.807, 2.05) is 18.2 Å². The van der Waals surface area contributed by atoms with Gasteiger partial charge >= 0.3 is 0 Å². The lowest BCUT2D eigenvalue weighted by molar-refractivity contribution is 0.571. The van der Waals surface area contributed by atoms with E-state index in [0.717, 1.165) is 15.6 Å². The zero-order valence-corrected chi connectivity index (χ0v) is 9.57. The summed E-state index contributed by atoms with van der Waals surface area (Å²) in [5, 5.41) is 5.03. The van der Waals surface area contributed by atoms with Crippen LogP contribution in [0.25, 0.3) is 0 Å². The third kappa shape index (κ3) is 2.41. The fraction of sp³-hybridized carbons (Fsp3) is 0.455. The highest BCUT2D eigenvalue weighted by molar-refractivity contribution is 6.33. The second-order valence-corrected chi connectivity index (χ2v) is 4.67. The monoisotopic (exact) mass is 229 g/mol. The summed E-state index contributed by atoms with van der Waals surface area (Å²) in [6, 6.07) is 6.57. The van der Waals surface area contributed by atoms with Gasteiger partial charge in [-0.3, -0.25) is 0 Å². The van der Waals surface area contributed by atoms with E-state index in [9.17, 15) is 0 Å². The van der Waals surface area contributed by atoms with Crippen molar-refractivity contribution in [3.63, 3.8) is 0 Å². The van der Waals surface area contributed by atoms with Gasteiger partial charge in [0.05, 0.1) is 0 Å². The third-order valence-corrected chi connectivity index (χ3v) is 3.07.